The van der Waals surface area contributed by atoms with Gasteiger partial charge in [-0.05, 0) is 86.8 Å². The van der Waals surface area contributed by atoms with Gasteiger partial charge in [0.05, 0.1) is 12.3 Å². The van der Waals surface area contributed by atoms with Crippen molar-refractivity contribution in [2.75, 3.05) is 6.61 Å². The molecule has 0 bridgehead atoms. The molecule has 2 aliphatic rings. The van der Waals surface area contributed by atoms with E-state index in [1.807, 2.05) is 25.1 Å². The quantitative estimate of drug-likeness (QED) is 0.264. The molecule has 6 heteroatoms. The number of halogens is 1. The van der Waals surface area contributed by atoms with E-state index in [9.17, 15) is 9.59 Å². The molecule has 1 atom stereocenters. The van der Waals surface area contributed by atoms with E-state index in [4.69, 9.17) is 20.9 Å². The largest absolute Gasteiger partial charge is 0.466 e. The SMILES string of the molecule is CCOC(=O)CC[C@@H](Cc1noc(C2CC(CC(C)(C)C)C2)c1C1CC1)C(=O)Cc1ccc(C)cc1Cl. The van der Waals surface area contributed by atoms with Gasteiger partial charge in [0.1, 0.15) is 11.5 Å². The average molecular weight is 528 g/mol. The number of rotatable bonds is 12. The summed E-state index contributed by atoms with van der Waals surface area (Å²) in [5.41, 5.74) is 4.38. The van der Waals surface area contributed by atoms with Crippen molar-refractivity contribution < 1.29 is 18.8 Å². The third kappa shape index (κ3) is 7.46. The first-order valence-corrected chi connectivity index (χ1v) is 14.3. The molecule has 0 N–H and O–H groups in total. The Kier molecular flexibility index (Phi) is 8.83. The summed E-state index contributed by atoms with van der Waals surface area (Å²) < 4.78 is 11.1. The number of ether oxygens (including phenoxy) is 1. The molecule has 2 aliphatic carbocycles. The zero-order chi connectivity index (χ0) is 26.7. The van der Waals surface area contributed by atoms with Crippen LogP contribution in [0.3, 0.4) is 0 Å². The number of carbonyl (C=O) groups is 2. The minimum Gasteiger partial charge on any atom is -0.466 e. The van der Waals surface area contributed by atoms with Gasteiger partial charge in [-0.25, -0.2) is 0 Å². The summed E-state index contributed by atoms with van der Waals surface area (Å²) in [6.07, 6.45) is 7.24. The zero-order valence-corrected chi connectivity index (χ0v) is 23.8. The molecule has 2 saturated carbocycles. The lowest BCUT2D eigenvalue weighted by Crippen LogP contribution is -2.26. The van der Waals surface area contributed by atoms with Gasteiger partial charge in [0.2, 0.25) is 0 Å². The Bertz CT molecular complexity index is 1100. The van der Waals surface area contributed by atoms with Gasteiger partial charge < -0.3 is 9.26 Å². The van der Waals surface area contributed by atoms with Crippen LogP contribution in [0.2, 0.25) is 5.02 Å². The fraction of sp³-hybridized carbons (Fsp3) is 0.645. The zero-order valence-electron chi connectivity index (χ0n) is 23.1. The number of Topliss-reactive ketones (excluding diaryl/α,β-unsaturated/α-hetero) is 1. The maximum atomic E-state index is 13.5. The number of hydrogen-bond donors (Lipinski definition) is 0. The van der Waals surface area contributed by atoms with Crippen LogP contribution in [0.15, 0.2) is 22.7 Å². The second-order valence-electron chi connectivity index (χ2n) is 12.5. The highest BCUT2D eigenvalue weighted by Crippen LogP contribution is 2.52. The van der Waals surface area contributed by atoms with Gasteiger partial charge in [-0.1, -0.05) is 49.7 Å². The third-order valence-electron chi connectivity index (χ3n) is 7.79. The molecule has 0 amide bonds. The average Bonchev–Trinajstić information content (AvgIpc) is 3.54. The smallest absolute Gasteiger partial charge is 0.305 e. The Morgan fingerprint density at radius 1 is 1.19 bits per heavy atom. The minimum atomic E-state index is -0.341. The lowest BCUT2D eigenvalue weighted by atomic mass is 9.67. The predicted molar refractivity (Wildman–Crippen MR) is 146 cm³/mol. The van der Waals surface area contributed by atoms with Crippen molar-refractivity contribution in [3.63, 3.8) is 0 Å². The highest BCUT2D eigenvalue weighted by molar-refractivity contribution is 6.31. The van der Waals surface area contributed by atoms with E-state index >= 15 is 0 Å². The summed E-state index contributed by atoms with van der Waals surface area (Å²) in [5.74, 6) is 2.19. The molecule has 1 heterocycles. The topological polar surface area (TPSA) is 69.4 Å². The second-order valence-corrected chi connectivity index (χ2v) is 12.9. The van der Waals surface area contributed by atoms with Crippen molar-refractivity contribution in [1.82, 2.24) is 5.16 Å². The molecule has 2 fully saturated rings. The minimum absolute atomic E-state index is 0.0789. The van der Waals surface area contributed by atoms with Crippen molar-refractivity contribution >= 4 is 23.4 Å². The van der Waals surface area contributed by atoms with E-state index in [0.717, 1.165) is 54.2 Å². The monoisotopic (exact) mass is 527 g/mol. The number of esters is 1. The van der Waals surface area contributed by atoms with Crippen LogP contribution in [0.25, 0.3) is 0 Å². The van der Waals surface area contributed by atoms with E-state index < -0.39 is 0 Å². The molecule has 1 aromatic carbocycles. The Labute approximate surface area is 226 Å². The van der Waals surface area contributed by atoms with Crippen LogP contribution in [0.4, 0.5) is 0 Å². The highest BCUT2D eigenvalue weighted by atomic mass is 35.5. The maximum absolute atomic E-state index is 13.5. The Morgan fingerprint density at radius 2 is 1.92 bits per heavy atom. The number of ketones is 1. The Hall–Kier alpha value is -2.14. The number of hydrogen-bond acceptors (Lipinski definition) is 5. The first-order valence-electron chi connectivity index (χ1n) is 14.0. The van der Waals surface area contributed by atoms with Gasteiger partial charge in [-0.15, -0.1) is 0 Å². The third-order valence-corrected chi connectivity index (χ3v) is 8.15. The summed E-state index contributed by atoms with van der Waals surface area (Å²) >= 11 is 6.44. The van der Waals surface area contributed by atoms with Gasteiger partial charge in [-0.3, -0.25) is 9.59 Å². The van der Waals surface area contributed by atoms with Gasteiger partial charge in [0.25, 0.3) is 0 Å². The molecule has 37 heavy (non-hydrogen) atoms. The standard InChI is InChI=1S/C31H42ClNO4/c1-6-36-28(35)12-11-23(27(34)17-22-8-7-19(2)13-25(22)32)16-26-29(21-9-10-21)30(37-33-26)24-14-20(15-24)18-31(3,4)5/h7-8,13,20-21,23-24H,6,9-12,14-18H2,1-5H3/t20?,23-,24?/m0/s1. The van der Waals surface area contributed by atoms with Crippen LogP contribution in [-0.2, 0) is 27.2 Å². The Morgan fingerprint density at radius 3 is 2.54 bits per heavy atom. The fourth-order valence-corrected chi connectivity index (χ4v) is 6.14. The molecule has 202 valence electrons. The van der Waals surface area contributed by atoms with Crippen LogP contribution in [0.5, 0.6) is 0 Å². The molecule has 0 unspecified atom stereocenters. The van der Waals surface area contributed by atoms with E-state index in [2.05, 4.69) is 25.9 Å². The lowest BCUT2D eigenvalue weighted by molar-refractivity contribution is -0.143. The van der Waals surface area contributed by atoms with Crippen molar-refractivity contribution in [3.05, 3.63) is 51.4 Å². The van der Waals surface area contributed by atoms with E-state index in [1.54, 1.807) is 6.92 Å². The summed E-state index contributed by atoms with van der Waals surface area (Å²) in [7, 11) is 0. The summed E-state index contributed by atoms with van der Waals surface area (Å²) in [6.45, 7) is 11.0. The van der Waals surface area contributed by atoms with Crippen LogP contribution in [-0.4, -0.2) is 23.5 Å². The van der Waals surface area contributed by atoms with Gasteiger partial charge in [0.15, 0.2) is 0 Å². The van der Waals surface area contributed by atoms with Crippen molar-refractivity contribution in [1.29, 1.82) is 0 Å². The molecule has 0 aliphatic heterocycles. The molecule has 4 rings (SSSR count). The maximum Gasteiger partial charge on any atom is 0.305 e. The summed E-state index contributed by atoms with van der Waals surface area (Å²) in [5, 5.41) is 5.14. The van der Waals surface area contributed by atoms with Crippen molar-refractivity contribution in [2.45, 2.75) is 104 Å². The highest BCUT2D eigenvalue weighted by Gasteiger charge is 2.41. The summed E-state index contributed by atoms with van der Waals surface area (Å²) in [6, 6.07) is 5.79. The Balaban J connectivity index is 1.50. The van der Waals surface area contributed by atoms with Crippen LogP contribution < -0.4 is 0 Å². The van der Waals surface area contributed by atoms with Crippen LogP contribution >= 0.6 is 11.6 Å². The number of carbonyl (C=O) groups excluding carboxylic acids is 2. The van der Waals surface area contributed by atoms with Crippen LogP contribution in [0.1, 0.15) is 113 Å². The van der Waals surface area contributed by atoms with E-state index in [-0.39, 0.29) is 30.5 Å². The summed E-state index contributed by atoms with van der Waals surface area (Å²) in [4.78, 5) is 25.7. The van der Waals surface area contributed by atoms with Gasteiger partial charge >= 0.3 is 5.97 Å². The van der Waals surface area contributed by atoms with E-state index in [1.165, 1.54) is 12.0 Å². The van der Waals surface area contributed by atoms with Crippen molar-refractivity contribution in [3.8, 4) is 0 Å². The molecular formula is C31H42ClNO4. The molecule has 0 spiro atoms. The first-order chi connectivity index (χ1) is 17.5. The number of nitrogens with zero attached hydrogens (tertiary/aromatic N) is 1. The number of aromatic nitrogens is 1. The van der Waals surface area contributed by atoms with E-state index in [0.29, 0.717) is 41.7 Å². The second kappa shape index (κ2) is 11.7. The molecule has 2 aromatic rings. The lowest BCUT2D eigenvalue weighted by Gasteiger charge is -2.38. The molecule has 0 saturated heterocycles. The fourth-order valence-electron chi connectivity index (χ4n) is 5.84. The number of benzene rings is 1. The predicted octanol–water partition coefficient (Wildman–Crippen LogP) is 7.76. The van der Waals surface area contributed by atoms with Gasteiger partial charge in [-0.2, -0.15) is 0 Å². The van der Waals surface area contributed by atoms with Crippen LogP contribution in [0, 0.1) is 24.2 Å². The van der Waals surface area contributed by atoms with Crippen molar-refractivity contribution in [2.24, 2.45) is 17.3 Å². The van der Waals surface area contributed by atoms with Gasteiger partial charge in [0, 0.05) is 41.7 Å². The molecule has 5 nitrogen and oxygen atoms in total. The normalized spacial score (nSPS) is 20.4. The molecule has 0 radical (unpaired) electrons. The number of aryl methyl sites for hydroxylation is 1. The molecular weight excluding hydrogens is 486 g/mol. The molecule has 1 aromatic heterocycles. The first kappa shape index (κ1) is 27.9.